The topological polar surface area (TPSA) is 12.9 Å². The maximum atomic E-state index is 4.56. The molecule has 26 heavy (non-hydrogen) atoms. The normalized spacial score (nSPS) is 20.0. The number of hydrogen-bond donors (Lipinski definition) is 0. The van der Waals surface area contributed by atoms with Crippen molar-refractivity contribution in [3.63, 3.8) is 0 Å². The van der Waals surface area contributed by atoms with Gasteiger partial charge in [0.15, 0.2) is 0 Å². The lowest BCUT2D eigenvalue weighted by molar-refractivity contribution is 0.445. The standard InChI is InChI=1S/C25H29N/c1-3-9-18(10-4-1)24-20-13-7-8-14-21(20)25(19-11-5-2-6-12-19)23-17-26-16-15-22(23)24/h7-8,13-19H,1-6,9-12H2. The summed E-state index contributed by atoms with van der Waals surface area (Å²) in [6.07, 6.45) is 17.9. The fraction of sp³-hybridized carbons (Fsp3) is 0.480. The van der Waals surface area contributed by atoms with Gasteiger partial charge < -0.3 is 0 Å². The van der Waals surface area contributed by atoms with Gasteiger partial charge in [0.25, 0.3) is 0 Å². The Bertz CT molecular complexity index is 781. The zero-order valence-corrected chi connectivity index (χ0v) is 15.7. The molecule has 0 spiro atoms. The summed E-state index contributed by atoms with van der Waals surface area (Å²) in [6.45, 7) is 0. The van der Waals surface area contributed by atoms with E-state index in [1.165, 1.54) is 85.8 Å². The molecule has 0 unspecified atom stereocenters. The van der Waals surface area contributed by atoms with Crippen LogP contribution in [-0.4, -0.2) is 4.98 Å². The van der Waals surface area contributed by atoms with E-state index in [1.54, 1.807) is 11.1 Å². The number of benzene rings is 2. The van der Waals surface area contributed by atoms with Gasteiger partial charge in [0.2, 0.25) is 0 Å². The minimum absolute atomic E-state index is 0.709. The van der Waals surface area contributed by atoms with Crippen LogP contribution in [0.25, 0.3) is 21.5 Å². The smallest absolute Gasteiger partial charge is 0.0349 e. The maximum Gasteiger partial charge on any atom is 0.0349 e. The monoisotopic (exact) mass is 343 g/mol. The van der Waals surface area contributed by atoms with E-state index in [1.807, 2.05) is 6.20 Å². The van der Waals surface area contributed by atoms with E-state index in [-0.39, 0.29) is 0 Å². The van der Waals surface area contributed by atoms with Crippen molar-refractivity contribution in [1.82, 2.24) is 4.98 Å². The first-order valence-corrected chi connectivity index (χ1v) is 10.7. The third-order valence-corrected chi connectivity index (χ3v) is 6.94. The average Bonchev–Trinajstić information content (AvgIpc) is 2.73. The molecule has 0 atom stereocenters. The molecule has 2 fully saturated rings. The summed E-state index contributed by atoms with van der Waals surface area (Å²) in [5, 5.41) is 5.98. The number of aromatic nitrogens is 1. The SMILES string of the molecule is c1ccc2c(C3CCCCC3)c3cnccc3c(C3CCCCC3)c2c1. The summed E-state index contributed by atoms with van der Waals surface area (Å²) in [7, 11) is 0. The average molecular weight is 344 g/mol. The highest BCUT2D eigenvalue weighted by Crippen LogP contribution is 2.46. The molecule has 134 valence electrons. The van der Waals surface area contributed by atoms with Crippen molar-refractivity contribution in [2.24, 2.45) is 0 Å². The lowest BCUT2D eigenvalue weighted by Gasteiger charge is -2.29. The van der Waals surface area contributed by atoms with Gasteiger partial charge in [-0.1, -0.05) is 62.8 Å². The van der Waals surface area contributed by atoms with Crippen LogP contribution in [0.15, 0.2) is 42.7 Å². The van der Waals surface area contributed by atoms with Gasteiger partial charge in [-0.3, -0.25) is 4.98 Å². The Balaban J connectivity index is 1.82. The molecular formula is C25H29N. The molecule has 2 aromatic carbocycles. The van der Waals surface area contributed by atoms with Crippen molar-refractivity contribution in [2.75, 3.05) is 0 Å². The largest absolute Gasteiger partial charge is 0.264 e. The van der Waals surface area contributed by atoms with Crippen LogP contribution in [0.3, 0.4) is 0 Å². The van der Waals surface area contributed by atoms with Crippen molar-refractivity contribution in [3.05, 3.63) is 53.9 Å². The molecule has 0 radical (unpaired) electrons. The van der Waals surface area contributed by atoms with E-state index in [2.05, 4.69) is 41.5 Å². The first-order valence-electron chi connectivity index (χ1n) is 10.7. The van der Waals surface area contributed by atoms with Crippen molar-refractivity contribution in [3.8, 4) is 0 Å². The highest BCUT2D eigenvalue weighted by molar-refractivity contribution is 6.06. The zero-order chi connectivity index (χ0) is 17.3. The molecule has 0 N–H and O–H groups in total. The number of hydrogen-bond acceptors (Lipinski definition) is 1. The molecule has 0 bridgehead atoms. The fourth-order valence-corrected chi connectivity index (χ4v) is 5.75. The quantitative estimate of drug-likeness (QED) is 0.439. The Kier molecular flexibility index (Phi) is 4.40. The fourth-order valence-electron chi connectivity index (χ4n) is 5.75. The summed E-state index contributed by atoms with van der Waals surface area (Å²) < 4.78 is 0. The van der Waals surface area contributed by atoms with Crippen LogP contribution in [0.5, 0.6) is 0 Å². The predicted octanol–water partition coefficient (Wildman–Crippen LogP) is 7.48. The molecule has 3 aromatic rings. The third-order valence-electron chi connectivity index (χ3n) is 6.94. The van der Waals surface area contributed by atoms with E-state index in [0.717, 1.165) is 5.92 Å². The third kappa shape index (κ3) is 2.73. The molecule has 0 saturated heterocycles. The van der Waals surface area contributed by atoms with Crippen molar-refractivity contribution in [2.45, 2.75) is 76.0 Å². The molecular weight excluding hydrogens is 314 g/mol. The molecule has 1 heteroatoms. The Morgan fingerprint density at radius 2 is 1.08 bits per heavy atom. The van der Waals surface area contributed by atoms with Crippen LogP contribution in [0, 0.1) is 0 Å². The predicted molar refractivity (Wildman–Crippen MR) is 111 cm³/mol. The molecule has 2 aliphatic carbocycles. The van der Waals surface area contributed by atoms with Gasteiger partial charge in [0.1, 0.15) is 0 Å². The van der Waals surface area contributed by atoms with Gasteiger partial charge in [-0.05, 0) is 70.9 Å². The summed E-state index contributed by atoms with van der Waals surface area (Å²) in [5.74, 6) is 1.43. The Hall–Kier alpha value is -1.89. The summed E-state index contributed by atoms with van der Waals surface area (Å²) >= 11 is 0. The summed E-state index contributed by atoms with van der Waals surface area (Å²) in [5.41, 5.74) is 3.22. The maximum absolute atomic E-state index is 4.56. The number of rotatable bonds is 2. The van der Waals surface area contributed by atoms with E-state index >= 15 is 0 Å². The van der Waals surface area contributed by atoms with Gasteiger partial charge >= 0.3 is 0 Å². The second kappa shape index (κ2) is 7.02. The Morgan fingerprint density at radius 1 is 0.577 bits per heavy atom. The first kappa shape index (κ1) is 16.3. The van der Waals surface area contributed by atoms with Crippen LogP contribution in [-0.2, 0) is 0 Å². The highest BCUT2D eigenvalue weighted by Gasteiger charge is 2.26. The van der Waals surface area contributed by atoms with Crippen LogP contribution in [0.4, 0.5) is 0 Å². The molecule has 1 heterocycles. The van der Waals surface area contributed by atoms with Crippen LogP contribution >= 0.6 is 0 Å². The lowest BCUT2D eigenvalue weighted by atomic mass is 9.75. The van der Waals surface area contributed by atoms with E-state index < -0.39 is 0 Å². The van der Waals surface area contributed by atoms with Gasteiger partial charge in [-0.2, -0.15) is 0 Å². The molecule has 0 aliphatic heterocycles. The minimum Gasteiger partial charge on any atom is -0.264 e. The molecule has 0 amide bonds. The number of fused-ring (bicyclic) bond motifs is 2. The zero-order valence-electron chi connectivity index (χ0n) is 15.7. The van der Waals surface area contributed by atoms with Crippen LogP contribution in [0.1, 0.15) is 87.2 Å². The Morgan fingerprint density at radius 3 is 1.65 bits per heavy atom. The van der Waals surface area contributed by atoms with Gasteiger partial charge in [-0.15, -0.1) is 0 Å². The van der Waals surface area contributed by atoms with E-state index in [0.29, 0.717) is 5.92 Å². The number of pyridine rings is 1. The second-order valence-electron chi connectivity index (χ2n) is 8.46. The first-order chi connectivity index (χ1) is 12.9. The minimum atomic E-state index is 0.709. The van der Waals surface area contributed by atoms with E-state index in [4.69, 9.17) is 0 Å². The summed E-state index contributed by atoms with van der Waals surface area (Å²) in [6, 6.07) is 11.6. The van der Waals surface area contributed by atoms with Crippen molar-refractivity contribution < 1.29 is 0 Å². The van der Waals surface area contributed by atoms with E-state index in [9.17, 15) is 0 Å². The molecule has 5 rings (SSSR count). The number of nitrogens with zero attached hydrogens (tertiary/aromatic N) is 1. The highest BCUT2D eigenvalue weighted by atomic mass is 14.6. The molecule has 2 aliphatic rings. The Labute approximate surface area is 156 Å². The summed E-state index contributed by atoms with van der Waals surface area (Å²) in [4.78, 5) is 4.56. The van der Waals surface area contributed by atoms with Gasteiger partial charge in [-0.25, -0.2) is 0 Å². The second-order valence-corrected chi connectivity index (χ2v) is 8.46. The van der Waals surface area contributed by atoms with Crippen molar-refractivity contribution in [1.29, 1.82) is 0 Å². The van der Waals surface area contributed by atoms with Crippen LogP contribution in [0.2, 0.25) is 0 Å². The molecule has 1 aromatic heterocycles. The lowest BCUT2D eigenvalue weighted by Crippen LogP contribution is -2.10. The van der Waals surface area contributed by atoms with Crippen molar-refractivity contribution >= 4 is 21.5 Å². The molecule has 2 saturated carbocycles. The van der Waals surface area contributed by atoms with Crippen LogP contribution < -0.4 is 0 Å². The molecule has 1 nitrogen and oxygen atoms in total. The van der Waals surface area contributed by atoms with Gasteiger partial charge in [0.05, 0.1) is 0 Å². The van der Waals surface area contributed by atoms with Gasteiger partial charge in [0, 0.05) is 17.8 Å².